The lowest BCUT2D eigenvalue weighted by Gasteiger charge is -2.44. The van der Waals surface area contributed by atoms with Gasteiger partial charge >= 0.3 is 7.60 Å². The van der Waals surface area contributed by atoms with Crippen LogP contribution in [0.25, 0.3) is 0 Å². The Hall–Kier alpha value is -0.230. The third kappa shape index (κ3) is 5.23. The molecule has 0 bridgehead atoms. The molecular weight excluding hydrogens is 405 g/mol. The second-order valence-corrected chi connectivity index (χ2v) is 10.5. The number of phenolic OH excluding ortho intramolecular Hbond substituents is 1. The molecule has 0 aromatic heterocycles. The molecule has 1 aromatic carbocycles. The highest BCUT2D eigenvalue weighted by Crippen LogP contribution is 2.53. The number of phenols is 1. The van der Waals surface area contributed by atoms with Crippen LogP contribution in [0.2, 0.25) is 0 Å². The summed E-state index contributed by atoms with van der Waals surface area (Å²) in [7, 11) is -3.07. The zero-order valence-corrected chi connectivity index (χ0v) is 19.2. The van der Waals surface area contributed by atoms with Gasteiger partial charge in [0.1, 0.15) is 11.8 Å². The maximum Gasteiger partial charge on any atom is 0.340 e. The third-order valence-corrected chi connectivity index (χ3v) is 9.66. The minimum absolute atomic E-state index is 0. The Morgan fingerprint density at radius 1 is 1.22 bits per heavy atom. The van der Waals surface area contributed by atoms with E-state index in [1.165, 1.54) is 11.1 Å². The van der Waals surface area contributed by atoms with Gasteiger partial charge in [0.25, 0.3) is 0 Å². The molecule has 27 heavy (non-hydrogen) atoms. The fraction of sp³-hybridized carbons (Fsp3) is 0.684. The van der Waals surface area contributed by atoms with Crippen molar-refractivity contribution in [1.82, 2.24) is 0 Å². The topological polar surface area (TPSA) is 83.4 Å². The molecule has 4 N–H and O–H groups in total. The molecule has 0 heterocycles. The van der Waals surface area contributed by atoms with E-state index in [0.29, 0.717) is 24.5 Å². The second kappa shape index (κ2) is 10.5. The Balaban J connectivity index is 0.00000364. The van der Waals surface area contributed by atoms with E-state index in [4.69, 9.17) is 9.05 Å². The molecule has 2 atom stereocenters. The lowest BCUT2D eigenvalue weighted by Crippen LogP contribution is -3.00. The molecule has 1 aromatic rings. The minimum Gasteiger partial charge on any atom is -1.00 e. The van der Waals surface area contributed by atoms with Gasteiger partial charge in [-0.05, 0) is 56.4 Å². The SMILES string of the molecule is CCOP(=O)(CS[C@H]1Cc2ccc(O)cc2C(CC)(CC)[C@@H]1[NH3+])OCC.[Cl-]. The predicted octanol–water partition coefficient (Wildman–Crippen LogP) is 0.946. The Morgan fingerprint density at radius 2 is 1.81 bits per heavy atom. The smallest absolute Gasteiger partial charge is 0.340 e. The largest absolute Gasteiger partial charge is 1.00 e. The summed E-state index contributed by atoms with van der Waals surface area (Å²) in [5.74, 6) is 0.311. The average Bonchev–Trinajstić information content (AvgIpc) is 2.61. The van der Waals surface area contributed by atoms with Crippen LogP contribution in [0.5, 0.6) is 5.75 Å². The van der Waals surface area contributed by atoms with Gasteiger partial charge in [-0.25, -0.2) is 0 Å². The summed E-state index contributed by atoms with van der Waals surface area (Å²) in [5, 5.41) is 10.2. The first kappa shape index (κ1) is 24.8. The minimum atomic E-state index is -3.07. The van der Waals surface area contributed by atoms with Crippen LogP contribution < -0.4 is 18.1 Å². The van der Waals surface area contributed by atoms with Gasteiger partial charge < -0.3 is 32.3 Å². The highest BCUT2D eigenvalue weighted by molar-refractivity contribution is 8.05. The Morgan fingerprint density at radius 3 is 2.33 bits per heavy atom. The van der Waals surface area contributed by atoms with Gasteiger partial charge in [0.15, 0.2) is 0 Å². The van der Waals surface area contributed by atoms with E-state index >= 15 is 0 Å². The average molecular weight is 438 g/mol. The monoisotopic (exact) mass is 437 g/mol. The molecule has 0 amide bonds. The molecule has 1 aliphatic carbocycles. The molecule has 2 rings (SSSR count). The fourth-order valence-electron chi connectivity index (χ4n) is 4.14. The van der Waals surface area contributed by atoms with Crippen LogP contribution in [-0.2, 0) is 25.4 Å². The summed E-state index contributed by atoms with van der Waals surface area (Å²) in [4.78, 5) is 0. The first-order chi connectivity index (χ1) is 12.4. The van der Waals surface area contributed by atoms with Crippen molar-refractivity contribution in [3.05, 3.63) is 29.3 Å². The first-order valence-corrected chi connectivity index (χ1v) is 12.3. The Bertz CT molecular complexity index is 647. The third-order valence-electron chi connectivity index (χ3n) is 5.57. The lowest BCUT2D eigenvalue weighted by molar-refractivity contribution is -0.439. The summed E-state index contributed by atoms with van der Waals surface area (Å²) in [6.45, 7) is 8.81. The van der Waals surface area contributed by atoms with Crippen LogP contribution in [0.1, 0.15) is 51.7 Å². The van der Waals surface area contributed by atoms with Crippen LogP contribution in [-0.4, -0.2) is 35.1 Å². The molecule has 0 spiro atoms. The number of hydrogen-bond donors (Lipinski definition) is 2. The summed E-state index contributed by atoms with van der Waals surface area (Å²) in [6.07, 6.45) is 2.77. The van der Waals surface area contributed by atoms with Crippen LogP contribution in [0, 0.1) is 0 Å². The maximum atomic E-state index is 12.8. The number of rotatable bonds is 9. The number of hydrogen-bond acceptors (Lipinski definition) is 5. The van der Waals surface area contributed by atoms with Crippen LogP contribution in [0.4, 0.5) is 0 Å². The standard InChI is InChI=1S/C19H32NO4PS.ClH/c1-5-19(6-2)16-12-15(21)10-9-14(16)11-17(18(19)20)26-13-25(22,23-7-3)24-8-4;/h9-10,12,17-18,21H,5-8,11,13,20H2,1-4H3;1H/t17-,18+;/m0./s1. The van der Waals surface area contributed by atoms with Gasteiger partial charge in [-0.1, -0.05) is 19.9 Å². The number of benzene rings is 1. The zero-order valence-electron chi connectivity index (χ0n) is 16.7. The van der Waals surface area contributed by atoms with Gasteiger partial charge in [-0.2, -0.15) is 0 Å². The van der Waals surface area contributed by atoms with Gasteiger partial charge in [-0.15, -0.1) is 11.8 Å². The van der Waals surface area contributed by atoms with Gasteiger partial charge in [-0.3, -0.25) is 4.57 Å². The van der Waals surface area contributed by atoms with Crippen molar-refractivity contribution in [3.8, 4) is 5.75 Å². The number of thioether (sulfide) groups is 1. The predicted molar refractivity (Wildman–Crippen MR) is 108 cm³/mol. The molecule has 0 saturated carbocycles. The Kier molecular flexibility index (Phi) is 9.66. The van der Waals surface area contributed by atoms with Gasteiger partial charge in [0, 0.05) is 5.41 Å². The van der Waals surface area contributed by atoms with E-state index in [2.05, 4.69) is 19.6 Å². The molecular formula is C19H33ClNO4PS. The number of quaternary nitrogens is 1. The molecule has 1 aliphatic rings. The van der Waals surface area contributed by atoms with Crippen molar-refractivity contribution >= 4 is 19.4 Å². The van der Waals surface area contributed by atoms with Crippen molar-refractivity contribution in [2.45, 2.75) is 63.7 Å². The van der Waals surface area contributed by atoms with E-state index in [0.717, 1.165) is 19.3 Å². The molecule has 156 valence electrons. The quantitative estimate of drug-likeness (QED) is 0.562. The van der Waals surface area contributed by atoms with Crippen LogP contribution in [0.3, 0.4) is 0 Å². The number of fused-ring (bicyclic) bond motifs is 1. The van der Waals surface area contributed by atoms with Crippen LogP contribution in [0.15, 0.2) is 18.2 Å². The number of aromatic hydroxyl groups is 1. The van der Waals surface area contributed by atoms with Gasteiger partial charge in [0.05, 0.1) is 24.0 Å². The molecule has 0 radical (unpaired) electrons. The van der Waals surface area contributed by atoms with Crippen molar-refractivity contribution in [2.24, 2.45) is 0 Å². The normalized spacial score (nSPS) is 21.4. The maximum absolute atomic E-state index is 12.8. The molecule has 5 nitrogen and oxygen atoms in total. The number of halogens is 1. The second-order valence-electron chi connectivity index (χ2n) is 6.80. The van der Waals surface area contributed by atoms with E-state index in [1.807, 2.05) is 26.0 Å². The highest BCUT2D eigenvalue weighted by atomic mass is 35.5. The summed E-state index contributed by atoms with van der Waals surface area (Å²) >= 11 is 1.66. The molecule has 0 saturated heterocycles. The van der Waals surface area contributed by atoms with E-state index in [-0.39, 0.29) is 29.1 Å². The Labute approximate surface area is 173 Å². The molecule has 0 fully saturated rings. The van der Waals surface area contributed by atoms with Crippen molar-refractivity contribution in [2.75, 3.05) is 18.7 Å². The zero-order chi connectivity index (χ0) is 19.4. The van der Waals surface area contributed by atoms with E-state index < -0.39 is 7.60 Å². The summed E-state index contributed by atoms with van der Waals surface area (Å²) < 4.78 is 23.7. The van der Waals surface area contributed by atoms with Crippen molar-refractivity contribution in [1.29, 1.82) is 0 Å². The first-order valence-electron chi connectivity index (χ1n) is 9.50. The van der Waals surface area contributed by atoms with E-state index in [1.54, 1.807) is 17.8 Å². The molecule has 0 unspecified atom stereocenters. The van der Waals surface area contributed by atoms with Gasteiger partial charge in [0.2, 0.25) is 0 Å². The summed E-state index contributed by atoms with van der Waals surface area (Å²) in [5.41, 5.74) is 7.27. The molecule has 0 aliphatic heterocycles. The van der Waals surface area contributed by atoms with E-state index in [9.17, 15) is 9.67 Å². The van der Waals surface area contributed by atoms with Crippen molar-refractivity contribution in [3.63, 3.8) is 0 Å². The fourth-order valence-corrected chi connectivity index (χ4v) is 7.89. The van der Waals surface area contributed by atoms with Crippen LogP contribution >= 0.6 is 19.4 Å². The van der Waals surface area contributed by atoms with Crippen molar-refractivity contribution < 1.29 is 36.9 Å². The molecule has 8 heteroatoms. The lowest BCUT2D eigenvalue weighted by atomic mass is 9.63. The summed E-state index contributed by atoms with van der Waals surface area (Å²) in [6, 6.07) is 5.85. The highest BCUT2D eigenvalue weighted by Gasteiger charge is 2.48.